The summed E-state index contributed by atoms with van der Waals surface area (Å²) in [5.74, 6) is -1.24. The van der Waals surface area contributed by atoms with Gasteiger partial charge in [0, 0.05) is 6.04 Å². The number of rotatable bonds is 4. The van der Waals surface area contributed by atoms with E-state index in [-0.39, 0.29) is 11.4 Å². The molecular weight excluding hydrogens is 291 g/mol. The lowest BCUT2D eigenvalue weighted by Gasteiger charge is -2.27. The summed E-state index contributed by atoms with van der Waals surface area (Å²) in [7, 11) is 0. The standard InChI is InChI=1S/C12H14F3N3O3/c1-7(2)18(6-12(13,14)15)11(21)17-8-3-4-9(10(19)20)16-5-8/h3-5,7H,6H2,1-2H3,(H,17,21)(H,19,20). The van der Waals surface area contributed by atoms with E-state index in [9.17, 15) is 22.8 Å². The fraction of sp³-hybridized carbons (Fsp3) is 0.417. The highest BCUT2D eigenvalue weighted by atomic mass is 19.4. The number of pyridine rings is 1. The Balaban J connectivity index is 2.79. The minimum absolute atomic E-state index is 0.109. The fourth-order valence-electron chi connectivity index (χ4n) is 1.47. The molecule has 2 amide bonds. The number of halogens is 3. The summed E-state index contributed by atoms with van der Waals surface area (Å²) >= 11 is 0. The number of carbonyl (C=O) groups excluding carboxylic acids is 1. The number of carboxylic acids is 1. The zero-order valence-electron chi connectivity index (χ0n) is 11.3. The second kappa shape index (κ2) is 6.42. The van der Waals surface area contributed by atoms with Crippen molar-refractivity contribution < 1.29 is 27.9 Å². The Bertz CT molecular complexity index is 515. The van der Waals surface area contributed by atoms with Crippen molar-refractivity contribution in [1.29, 1.82) is 0 Å². The topological polar surface area (TPSA) is 82.5 Å². The first-order chi connectivity index (χ1) is 9.60. The van der Waals surface area contributed by atoms with Gasteiger partial charge in [0.05, 0.1) is 11.9 Å². The number of anilines is 1. The van der Waals surface area contributed by atoms with Crippen LogP contribution in [-0.2, 0) is 0 Å². The van der Waals surface area contributed by atoms with E-state index in [1.54, 1.807) is 0 Å². The summed E-state index contributed by atoms with van der Waals surface area (Å²) in [5.41, 5.74) is -0.123. The van der Waals surface area contributed by atoms with Crippen molar-refractivity contribution in [3.8, 4) is 0 Å². The van der Waals surface area contributed by atoms with E-state index in [4.69, 9.17) is 5.11 Å². The van der Waals surface area contributed by atoms with Crippen LogP contribution in [0.2, 0.25) is 0 Å². The third kappa shape index (κ3) is 5.28. The molecule has 21 heavy (non-hydrogen) atoms. The van der Waals surface area contributed by atoms with Crippen LogP contribution in [0.4, 0.5) is 23.7 Å². The molecule has 1 aromatic rings. The van der Waals surface area contributed by atoms with Gasteiger partial charge in [-0.2, -0.15) is 13.2 Å². The normalized spacial score (nSPS) is 11.3. The van der Waals surface area contributed by atoms with Crippen molar-refractivity contribution in [1.82, 2.24) is 9.88 Å². The van der Waals surface area contributed by atoms with Crippen molar-refractivity contribution in [2.45, 2.75) is 26.1 Å². The molecule has 0 atom stereocenters. The molecule has 1 rings (SSSR count). The molecule has 0 saturated heterocycles. The van der Waals surface area contributed by atoms with Crippen LogP contribution in [-0.4, -0.2) is 45.8 Å². The molecule has 0 aliphatic heterocycles. The highest BCUT2D eigenvalue weighted by molar-refractivity contribution is 5.90. The highest BCUT2D eigenvalue weighted by Crippen LogP contribution is 2.19. The van der Waals surface area contributed by atoms with Crippen molar-refractivity contribution in [2.75, 3.05) is 11.9 Å². The number of amides is 2. The molecule has 0 spiro atoms. The number of carbonyl (C=O) groups is 2. The molecule has 1 heterocycles. The van der Waals surface area contributed by atoms with Gasteiger partial charge < -0.3 is 15.3 Å². The number of carboxylic acid groups (broad SMARTS) is 1. The molecule has 0 fully saturated rings. The minimum atomic E-state index is -4.51. The van der Waals surface area contributed by atoms with Crippen molar-refractivity contribution in [2.24, 2.45) is 0 Å². The number of nitrogens with one attached hydrogen (secondary N) is 1. The zero-order valence-corrected chi connectivity index (χ0v) is 11.3. The van der Waals surface area contributed by atoms with Crippen LogP contribution >= 0.6 is 0 Å². The number of nitrogens with zero attached hydrogens (tertiary/aromatic N) is 2. The quantitative estimate of drug-likeness (QED) is 0.895. The first-order valence-electron chi connectivity index (χ1n) is 5.94. The number of hydrogen-bond acceptors (Lipinski definition) is 3. The number of hydrogen-bond donors (Lipinski definition) is 2. The lowest BCUT2D eigenvalue weighted by molar-refractivity contribution is -0.142. The smallest absolute Gasteiger partial charge is 0.406 e. The summed E-state index contributed by atoms with van der Waals surface area (Å²) in [6.45, 7) is 1.53. The van der Waals surface area contributed by atoms with E-state index in [0.29, 0.717) is 4.90 Å². The van der Waals surface area contributed by atoms with Crippen molar-refractivity contribution in [3.63, 3.8) is 0 Å². The second-order valence-electron chi connectivity index (χ2n) is 4.50. The zero-order chi connectivity index (χ0) is 16.2. The lowest BCUT2D eigenvalue weighted by atomic mass is 10.3. The van der Waals surface area contributed by atoms with E-state index < -0.39 is 30.8 Å². The SMILES string of the molecule is CC(C)N(CC(F)(F)F)C(=O)Nc1ccc(C(=O)O)nc1. The summed E-state index contributed by atoms with van der Waals surface area (Å²) in [5, 5.41) is 10.9. The number of aromatic nitrogens is 1. The number of alkyl halides is 3. The van der Waals surface area contributed by atoms with Gasteiger partial charge in [-0.25, -0.2) is 14.6 Å². The first-order valence-corrected chi connectivity index (χ1v) is 5.94. The summed E-state index contributed by atoms with van der Waals surface area (Å²) < 4.78 is 37.2. The van der Waals surface area contributed by atoms with Gasteiger partial charge in [-0.3, -0.25) is 0 Å². The van der Waals surface area contributed by atoms with E-state index in [0.717, 1.165) is 12.3 Å². The predicted molar refractivity (Wildman–Crippen MR) is 68.1 cm³/mol. The van der Waals surface area contributed by atoms with Gasteiger partial charge in [-0.1, -0.05) is 0 Å². The maximum Gasteiger partial charge on any atom is 0.406 e. The maximum absolute atomic E-state index is 12.4. The van der Waals surface area contributed by atoms with E-state index in [1.165, 1.54) is 19.9 Å². The Morgan fingerprint density at radius 1 is 1.38 bits per heavy atom. The van der Waals surface area contributed by atoms with Gasteiger partial charge >= 0.3 is 18.2 Å². The van der Waals surface area contributed by atoms with Crippen LogP contribution in [0.15, 0.2) is 18.3 Å². The minimum Gasteiger partial charge on any atom is -0.477 e. The van der Waals surface area contributed by atoms with E-state index in [2.05, 4.69) is 10.3 Å². The molecule has 1 aromatic heterocycles. The Kier molecular flexibility index (Phi) is 5.12. The molecule has 2 N–H and O–H groups in total. The maximum atomic E-state index is 12.4. The molecule has 0 radical (unpaired) electrons. The third-order valence-electron chi connectivity index (χ3n) is 2.47. The van der Waals surface area contributed by atoms with E-state index >= 15 is 0 Å². The average molecular weight is 305 g/mol. The van der Waals surface area contributed by atoms with E-state index in [1.807, 2.05) is 0 Å². The molecule has 0 aromatic carbocycles. The van der Waals surface area contributed by atoms with Gasteiger partial charge in [-0.15, -0.1) is 0 Å². The van der Waals surface area contributed by atoms with Gasteiger partial charge in [-0.05, 0) is 26.0 Å². The highest BCUT2D eigenvalue weighted by Gasteiger charge is 2.34. The predicted octanol–water partition coefficient (Wildman–Crippen LogP) is 2.58. The largest absolute Gasteiger partial charge is 0.477 e. The second-order valence-corrected chi connectivity index (χ2v) is 4.50. The molecular formula is C12H14F3N3O3. The van der Waals surface area contributed by atoms with Gasteiger partial charge in [0.15, 0.2) is 0 Å². The molecule has 9 heteroatoms. The molecule has 0 unspecified atom stereocenters. The summed E-state index contributed by atoms with van der Waals surface area (Å²) in [4.78, 5) is 26.6. The third-order valence-corrected chi connectivity index (χ3v) is 2.47. The van der Waals surface area contributed by atoms with Gasteiger partial charge in [0.2, 0.25) is 0 Å². The monoisotopic (exact) mass is 305 g/mol. The molecule has 0 saturated carbocycles. The summed E-state index contributed by atoms with van der Waals surface area (Å²) in [6.07, 6.45) is -3.44. The van der Waals surface area contributed by atoms with Gasteiger partial charge in [0.1, 0.15) is 12.2 Å². The Labute approximate surface area is 118 Å². The molecule has 6 nitrogen and oxygen atoms in total. The Morgan fingerprint density at radius 2 is 2.00 bits per heavy atom. The molecule has 0 aliphatic carbocycles. The number of aromatic carboxylic acids is 1. The van der Waals surface area contributed by atoms with Crippen LogP contribution in [0.25, 0.3) is 0 Å². The first kappa shape index (κ1) is 16.7. The van der Waals surface area contributed by atoms with Crippen LogP contribution < -0.4 is 5.32 Å². The van der Waals surface area contributed by atoms with Crippen LogP contribution in [0.5, 0.6) is 0 Å². The van der Waals surface area contributed by atoms with Crippen molar-refractivity contribution >= 4 is 17.7 Å². The Hall–Kier alpha value is -2.32. The average Bonchev–Trinajstić information content (AvgIpc) is 2.35. The molecule has 116 valence electrons. The lowest BCUT2D eigenvalue weighted by Crippen LogP contribution is -2.45. The van der Waals surface area contributed by atoms with Gasteiger partial charge in [0.25, 0.3) is 0 Å². The van der Waals surface area contributed by atoms with Crippen LogP contribution in [0, 0.1) is 0 Å². The molecule has 0 aliphatic rings. The Morgan fingerprint density at radius 3 is 2.38 bits per heavy atom. The summed E-state index contributed by atoms with van der Waals surface area (Å²) in [6, 6.07) is 0.798. The fourth-order valence-corrected chi connectivity index (χ4v) is 1.47. The van der Waals surface area contributed by atoms with Crippen LogP contribution in [0.1, 0.15) is 24.3 Å². The van der Waals surface area contributed by atoms with Crippen molar-refractivity contribution in [3.05, 3.63) is 24.0 Å². The van der Waals surface area contributed by atoms with Crippen LogP contribution in [0.3, 0.4) is 0 Å². The molecule has 0 bridgehead atoms. The number of urea groups is 1.